The Morgan fingerprint density at radius 1 is 1.03 bits per heavy atom. The van der Waals surface area contributed by atoms with Gasteiger partial charge in [0.25, 0.3) is 10.0 Å². The Kier molecular flexibility index (Phi) is 6.12. The van der Waals surface area contributed by atoms with Crippen LogP contribution in [0.3, 0.4) is 0 Å². The summed E-state index contributed by atoms with van der Waals surface area (Å²) in [6.07, 6.45) is 2.50. The first-order chi connectivity index (χ1) is 17.3. The van der Waals surface area contributed by atoms with Gasteiger partial charge in [0, 0.05) is 23.8 Å². The maximum atomic E-state index is 13.3. The molecule has 1 N–H and O–H groups in total. The molecule has 5 rings (SSSR count). The average Bonchev–Trinajstić information content (AvgIpc) is 3.34. The van der Waals surface area contributed by atoms with Crippen LogP contribution in [0.4, 0.5) is 5.82 Å². The minimum atomic E-state index is -4.19. The van der Waals surface area contributed by atoms with Crippen molar-refractivity contribution in [1.29, 1.82) is 0 Å². The van der Waals surface area contributed by atoms with Gasteiger partial charge in [-0.15, -0.1) is 0 Å². The van der Waals surface area contributed by atoms with Gasteiger partial charge in [0.15, 0.2) is 52.2 Å². The highest BCUT2D eigenvalue weighted by Gasteiger charge is 2.25. The van der Waals surface area contributed by atoms with Crippen molar-refractivity contribution in [2.24, 2.45) is 0 Å². The van der Waals surface area contributed by atoms with E-state index in [4.69, 9.17) is 30.5 Å². The first-order valence-electron chi connectivity index (χ1n) is 10.3. The predicted molar refractivity (Wildman–Crippen MR) is 128 cm³/mol. The molecule has 0 fully saturated rings. The molecule has 2 aromatic carbocycles. The zero-order chi connectivity index (χ0) is 25.3. The summed E-state index contributed by atoms with van der Waals surface area (Å²) in [4.78, 5) is 8.49. The molecular formula is C23H17ClN4O7S. The summed E-state index contributed by atoms with van der Waals surface area (Å²) in [7, 11) is -2.72. The maximum Gasteiger partial charge on any atom is 0.263 e. The first-order valence-corrected chi connectivity index (χ1v) is 12.2. The summed E-state index contributed by atoms with van der Waals surface area (Å²) in [5.41, 5.74) is 0.427. The lowest BCUT2D eigenvalue weighted by atomic mass is 10.2. The topological polar surface area (TPSA) is 136 Å². The standard InChI is InChI=1S/C23H17ClN4O7S/c1-32-16-4-2-3-5-18(16)35-20-21(24)25-22(14-8-10-28(29)11-9-14)26-23(20)27-36(30,31)15-6-7-17-19(12-15)34-13-33-17/h2-12H,13H2,1H3,(H,25,26,27). The molecule has 1 aliphatic rings. The Balaban J connectivity index is 1.60. The van der Waals surface area contributed by atoms with Crippen molar-refractivity contribution in [3.8, 4) is 40.1 Å². The van der Waals surface area contributed by atoms with E-state index in [1.807, 2.05) is 0 Å². The van der Waals surface area contributed by atoms with E-state index in [0.29, 0.717) is 27.5 Å². The number of hydrogen-bond acceptors (Lipinski definition) is 9. The van der Waals surface area contributed by atoms with Gasteiger partial charge in [-0.05, 0) is 24.3 Å². The van der Waals surface area contributed by atoms with Crippen molar-refractivity contribution in [2.45, 2.75) is 4.90 Å². The number of rotatable bonds is 7. The Bertz CT molecular complexity index is 1550. The van der Waals surface area contributed by atoms with E-state index in [1.54, 1.807) is 24.3 Å². The van der Waals surface area contributed by atoms with Gasteiger partial charge in [0.05, 0.1) is 12.0 Å². The van der Waals surface area contributed by atoms with Crippen LogP contribution in [0.25, 0.3) is 11.4 Å². The molecule has 0 radical (unpaired) electrons. The van der Waals surface area contributed by atoms with Crippen molar-refractivity contribution in [1.82, 2.24) is 9.97 Å². The van der Waals surface area contributed by atoms with E-state index in [9.17, 15) is 13.6 Å². The molecule has 0 aliphatic carbocycles. The molecule has 13 heteroatoms. The third-order valence-corrected chi connectivity index (χ3v) is 6.64. The van der Waals surface area contributed by atoms with Crippen molar-refractivity contribution < 1.29 is 32.1 Å². The summed E-state index contributed by atoms with van der Waals surface area (Å²) in [5.74, 6) is 1.05. The normalized spacial score (nSPS) is 12.3. The number of halogens is 1. The van der Waals surface area contributed by atoms with Crippen LogP contribution in [-0.2, 0) is 10.0 Å². The molecule has 0 atom stereocenters. The van der Waals surface area contributed by atoms with Crippen LogP contribution in [0.5, 0.6) is 28.7 Å². The van der Waals surface area contributed by atoms with Gasteiger partial charge in [-0.3, -0.25) is 4.72 Å². The number of nitrogens with one attached hydrogen (secondary N) is 1. The summed E-state index contributed by atoms with van der Waals surface area (Å²) in [5, 5.41) is 11.3. The molecule has 1 aliphatic heterocycles. The number of anilines is 1. The van der Waals surface area contributed by atoms with E-state index >= 15 is 0 Å². The molecule has 0 unspecified atom stereocenters. The second-order valence-corrected chi connectivity index (χ2v) is 9.38. The highest BCUT2D eigenvalue weighted by atomic mass is 35.5. The van der Waals surface area contributed by atoms with E-state index < -0.39 is 10.0 Å². The lowest BCUT2D eigenvalue weighted by Crippen LogP contribution is -2.23. The van der Waals surface area contributed by atoms with Gasteiger partial charge in [0.1, 0.15) is 0 Å². The number of pyridine rings is 1. The minimum Gasteiger partial charge on any atom is -0.619 e. The van der Waals surface area contributed by atoms with E-state index in [1.165, 1.54) is 49.8 Å². The fraction of sp³-hybridized carbons (Fsp3) is 0.0870. The van der Waals surface area contributed by atoms with Gasteiger partial charge in [-0.1, -0.05) is 23.7 Å². The lowest BCUT2D eigenvalue weighted by molar-refractivity contribution is -0.605. The van der Waals surface area contributed by atoms with Crippen LogP contribution in [0.1, 0.15) is 0 Å². The monoisotopic (exact) mass is 528 g/mol. The highest BCUT2D eigenvalue weighted by molar-refractivity contribution is 7.92. The summed E-state index contributed by atoms with van der Waals surface area (Å²) in [6.45, 7) is -0.00548. The van der Waals surface area contributed by atoms with E-state index in [0.717, 1.165) is 0 Å². The number of ether oxygens (including phenoxy) is 4. The van der Waals surface area contributed by atoms with Gasteiger partial charge < -0.3 is 24.2 Å². The largest absolute Gasteiger partial charge is 0.619 e. The number of benzene rings is 2. The van der Waals surface area contributed by atoms with Crippen LogP contribution in [-0.4, -0.2) is 32.3 Å². The molecule has 184 valence electrons. The fourth-order valence-electron chi connectivity index (χ4n) is 3.32. The Labute approximate surface area is 210 Å². The molecule has 0 amide bonds. The number of sulfonamides is 1. The Hall–Kier alpha value is -4.29. The van der Waals surface area contributed by atoms with E-state index in [-0.39, 0.29) is 40.0 Å². The van der Waals surface area contributed by atoms with Gasteiger partial charge in [0.2, 0.25) is 12.5 Å². The second-order valence-electron chi connectivity index (χ2n) is 7.34. The molecule has 2 aromatic heterocycles. The molecule has 0 bridgehead atoms. The van der Waals surface area contributed by atoms with Crippen LogP contribution in [0, 0.1) is 5.21 Å². The van der Waals surface area contributed by atoms with Crippen LogP contribution < -0.4 is 28.4 Å². The summed E-state index contributed by atoms with van der Waals surface area (Å²) >= 11 is 6.46. The van der Waals surface area contributed by atoms with Crippen LogP contribution in [0.15, 0.2) is 71.9 Å². The third-order valence-electron chi connectivity index (χ3n) is 5.05. The highest BCUT2D eigenvalue weighted by Crippen LogP contribution is 2.40. The van der Waals surface area contributed by atoms with Crippen LogP contribution in [0.2, 0.25) is 5.15 Å². The van der Waals surface area contributed by atoms with Crippen molar-refractivity contribution in [2.75, 3.05) is 18.6 Å². The smallest absolute Gasteiger partial charge is 0.263 e. The molecule has 3 heterocycles. The van der Waals surface area contributed by atoms with Gasteiger partial charge in [-0.25, -0.2) is 18.4 Å². The minimum absolute atomic E-state index is 0.00548. The Morgan fingerprint density at radius 2 is 1.75 bits per heavy atom. The number of para-hydroxylation sites is 2. The zero-order valence-electron chi connectivity index (χ0n) is 18.5. The maximum absolute atomic E-state index is 13.3. The average molecular weight is 529 g/mol. The lowest BCUT2D eigenvalue weighted by Gasteiger charge is -2.16. The van der Waals surface area contributed by atoms with E-state index in [2.05, 4.69) is 14.7 Å². The number of aromatic nitrogens is 3. The van der Waals surface area contributed by atoms with Gasteiger partial charge in [-0.2, -0.15) is 4.73 Å². The number of nitrogens with zero attached hydrogens (tertiary/aromatic N) is 3. The zero-order valence-corrected chi connectivity index (χ0v) is 20.1. The molecule has 11 nitrogen and oxygen atoms in total. The van der Waals surface area contributed by atoms with Crippen molar-refractivity contribution in [3.05, 3.63) is 77.4 Å². The Morgan fingerprint density at radius 3 is 2.50 bits per heavy atom. The SMILES string of the molecule is COc1ccccc1Oc1c(Cl)nc(-c2cc[n+]([O-])cc2)nc1NS(=O)(=O)c1ccc2c(c1)OCO2. The summed E-state index contributed by atoms with van der Waals surface area (Å²) < 4.78 is 51.4. The molecule has 0 spiro atoms. The van der Waals surface area contributed by atoms with Crippen molar-refractivity contribution >= 4 is 27.4 Å². The number of hydrogen-bond donors (Lipinski definition) is 1. The number of methoxy groups -OCH3 is 1. The summed E-state index contributed by atoms with van der Waals surface area (Å²) in [6, 6.07) is 13.9. The molecule has 0 saturated heterocycles. The number of fused-ring (bicyclic) bond motifs is 1. The quantitative estimate of drug-likeness (QED) is 0.216. The van der Waals surface area contributed by atoms with Crippen LogP contribution >= 0.6 is 11.6 Å². The third kappa shape index (κ3) is 4.63. The molecule has 0 saturated carbocycles. The molecule has 4 aromatic rings. The first kappa shape index (κ1) is 23.5. The molecular weight excluding hydrogens is 512 g/mol. The fourth-order valence-corrected chi connectivity index (χ4v) is 4.55. The molecule has 36 heavy (non-hydrogen) atoms. The van der Waals surface area contributed by atoms with Gasteiger partial charge >= 0.3 is 0 Å². The predicted octanol–water partition coefficient (Wildman–Crippen LogP) is 3.76. The van der Waals surface area contributed by atoms with Crippen molar-refractivity contribution in [3.63, 3.8) is 0 Å². The second kappa shape index (κ2) is 9.40.